The highest BCUT2D eigenvalue weighted by Crippen LogP contribution is 2.15. The number of aromatic nitrogens is 2. The second-order valence-electron chi connectivity index (χ2n) is 5.92. The van der Waals surface area contributed by atoms with E-state index in [9.17, 15) is 9.90 Å². The van der Waals surface area contributed by atoms with E-state index in [2.05, 4.69) is 5.10 Å². The average Bonchev–Trinajstić information content (AvgIpc) is 3.14. The van der Waals surface area contributed by atoms with Crippen LogP contribution in [-0.4, -0.2) is 44.9 Å². The molecule has 0 saturated carbocycles. The third-order valence-electron chi connectivity index (χ3n) is 4.15. The normalized spacial score (nSPS) is 17.0. The summed E-state index contributed by atoms with van der Waals surface area (Å²) in [5, 5.41) is 13.8. The van der Waals surface area contributed by atoms with Crippen molar-refractivity contribution in [1.29, 1.82) is 0 Å². The Bertz CT molecular complexity index is 731. The fraction of sp³-hybridized carbons (Fsp3) is 0.333. The molecule has 0 radical (unpaired) electrons. The van der Waals surface area contributed by atoms with Gasteiger partial charge in [0.05, 0.1) is 24.9 Å². The SMILES string of the molecule is Cc1cc(C)n(Cc2ccc(C(=O)N3CC=C[C@H]3CO)cc2)n1. The Balaban J connectivity index is 1.72. The first-order valence-corrected chi connectivity index (χ1v) is 7.77. The Kier molecular flexibility index (Phi) is 4.30. The van der Waals surface area contributed by atoms with E-state index in [0.29, 0.717) is 18.7 Å². The van der Waals surface area contributed by atoms with Crippen LogP contribution in [0.1, 0.15) is 27.3 Å². The van der Waals surface area contributed by atoms with E-state index in [4.69, 9.17) is 0 Å². The number of rotatable bonds is 4. The van der Waals surface area contributed by atoms with Crippen molar-refractivity contribution in [1.82, 2.24) is 14.7 Å². The summed E-state index contributed by atoms with van der Waals surface area (Å²) in [5.41, 5.74) is 3.87. The van der Waals surface area contributed by atoms with Crippen molar-refractivity contribution in [3.05, 3.63) is 65.0 Å². The van der Waals surface area contributed by atoms with Gasteiger partial charge in [-0.2, -0.15) is 5.10 Å². The summed E-state index contributed by atoms with van der Waals surface area (Å²) in [7, 11) is 0. The van der Waals surface area contributed by atoms with Crippen LogP contribution in [-0.2, 0) is 6.54 Å². The molecule has 0 unspecified atom stereocenters. The summed E-state index contributed by atoms with van der Waals surface area (Å²) in [4.78, 5) is 14.2. The Morgan fingerprint density at radius 1 is 1.30 bits per heavy atom. The summed E-state index contributed by atoms with van der Waals surface area (Å²) < 4.78 is 1.96. The van der Waals surface area contributed by atoms with Crippen LogP contribution in [0.15, 0.2) is 42.5 Å². The van der Waals surface area contributed by atoms with Crippen LogP contribution in [0.5, 0.6) is 0 Å². The number of carbonyl (C=O) groups excluding carboxylic acids is 1. The lowest BCUT2D eigenvalue weighted by Crippen LogP contribution is -2.38. The first-order valence-electron chi connectivity index (χ1n) is 7.77. The molecule has 1 aliphatic heterocycles. The molecule has 3 rings (SSSR count). The molecule has 0 spiro atoms. The number of hydrogen-bond acceptors (Lipinski definition) is 3. The maximum absolute atomic E-state index is 12.5. The second-order valence-corrected chi connectivity index (χ2v) is 5.92. The van der Waals surface area contributed by atoms with Crippen LogP contribution >= 0.6 is 0 Å². The third-order valence-corrected chi connectivity index (χ3v) is 4.15. The Morgan fingerprint density at radius 2 is 2.04 bits per heavy atom. The third kappa shape index (κ3) is 3.19. The zero-order valence-electron chi connectivity index (χ0n) is 13.4. The van der Waals surface area contributed by atoms with Crippen LogP contribution in [0.25, 0.3) is 0 Å². The molecule has 1 aliphatic rings. The number of amides is 1. The maximum Gasteiger partial charge on any atom is 0.254 e. The van der Waals surface area contributed by atoms with Gasteiger partial charge in [0.1, 0.15) is 0 Å². The van der Waals surface area contributed by atoms with E-state index in [1.54, 1.807) is 4.90 Å². The van der Waals surface area contributed by atoms with Gasteiger partial charge in [0.2, 0.25) is 0 Å². The number of nitrogens with zero attached hydrogens (tertiary/aromatic N) is 3. The summed E-state index contributed by atoms with van der Waals surface area (Å²) in [6.07, 6.45) is 3.78. The largest absolute Gasteiger partial charge is 0.394 e. The van der Waals surface area contributed by atoms with Crippen LogP contribution < -0.4 is 0 Å². The standard InChI is InChI=1S/C18H21N3O2/c1-13-10-14(2)21(19-13)11-15-5-7-16(8-6-15)18(23)20-9-3-4-17(20)12-22/h3-8,10,17,22H,9,11-12H2,1-2H3/t17-/m0/s1. The van der Waals surface area contributed by atoms with Gasteiger partial charge >= 0.3 is 0 Å². The quantitative estimate of drug-likeness (QED) is 0.878. The molecule has 5 heteroatoms. The second kappa shape index (κ2) is 6.38. The molecule has 1 N–H and O–H groups in total. The van der Waals surface area contributed by atoms with Crippen LogP contribution in [0.3, 0.4) is 0 Å². The molecule has 1 amide bonds. The van der Waals surface area contributed by atoms with Crippen molar-refractivity contribution in [3.63, 3.8) is 0 Å². The van der Waals surface area contributed by atoms with Gasteiger partial charge in [-0.05, 0) is 37.6 Å². The minimum absolute atomic E-state index is 0.0434. The van der Waals surface area contributed by atoms with Gasteiger partial charge in [-0.15, -0.1) is 0 Å². The molecule has 23 heavy (non-hydrogen) atoms. The molecule has 1 aromatic carbocycles. The Morgan fingerprint density at radius 3 is 2.65 bits per heavy atom. The number of aliphatic hydroxyl groups excluding tert-OH is 1. The number of hydrogen-bond donors (Lipinski definition) is 1. The molecule has 0 fully saturated rings. The first kappa shape index (κ1) is 15.5. The van der Waals surface area contributed by atoms with Gasteiger partial charge in [-0.25, -0.2) is 0 Å². The van der Waals surface area contributed by atoms with Crippen LogP contribution in [0, 0.1) is 13.8 Å². The highest BCUT2D eigenvalue weighted by molar-refractivity contribution is 5.95. The van der Waals surface area contributed by atoms with Gasteiger partial charge < -0.3 is 10.0 Å². The maximum atomic E-state index is 12.5. The topological polar surface area (TPSA) is 58.4 Å². The minimum atomic E-state index is -0.211. The lowest BCUT2D eigenvalue weighted by molar-refractivity contribution is 0.0700. The van der Waals surface area contributed by atoms with E-state index in [0.717, 1.165) is 17.0 Å². The van der Waals surface area contributed by atoms with Crippen molar-refractivity contribution in [3.8, 4) is 0 Å². The Labute approximate surface area is 135 Å². The molecule has 1 atom stereocenters. The predicted molar refractivity (Wildman–Crippen MR) is 88.3 cm³/mol. The average molecular weight is 311 g/mol. The highest BCUT2D eigenvalue weighted by atomic mass is 16.3. The van der Waals surface area contributed by atoms with Crippen molar-refractivity contribution >= 4 is 5.91 Å². The van der Waals surface area contributed by atoms with E-state index in [-0.39, 0.29) is 18.6 Å². The number of aryl methyl sites for hydroxylation is 2. The van der Waals surface area contributed by atoms with Crippen molar-refractivity contribution in [2.75, 3.05) is 13.2 Å². The van der Waals surface area contributed by atoms with E-state index in [1.807, 2.05) is 61.0 Å². The molecule has 120 valence electrons. The van der Waals surface area contributed by atoms with Crippen LogP contribution in [0.4, 0.5) is 0 Å². The molecular formula is C18H21N3O2. The first-order chi connectivity index (χ1) is 11.1. The van der Waals surface area contributed by atoms with Crippen molar-refractivity contribution in [2.45, 2.75) is 26.4 Å². The number of benzene rings is 1. The van der Waals surface area contributed by atoms with E-state index in [1.165, 1.54) is 0 Å². The molecule has 2 heterocycles. The fourth-order valence-electron chi connectivity index (χ4n) is 2.89. The molecule has 1 aromatic heterocycles. The minimum Gasteiger partial charge on any atom is -0.394 e. The summed E-state index contributed by atoms with van der Waals surface area (Å²) in [6, 6.07) is 9.44. The summed E-state index contributed by atoms with van der Waals surface area (Å²) in [6.45, 7) is 5.22. The van der Waals surface area contributed by atoms with E-state index >= 15 is 0 Å². The van der Waals surface area contributed by atoms with Gasteiger partial charge in [-0.1, -0.05) is 24.3 Å². The monoisotopic (exact) mass is 311 g/mol. The van der Waals surface area contributed by atoms with Crippen molar-refractivity contribution < 1.29 is 9.90 Å². The number of aliphatic hydroxyl groups is 1. The van der Waals surface area contributed by atoms with Gasteiger partial charge in [0.15, 0.2) is 0 Å². The molecular weight excluding hydrogens is 290 g/mol. The Hall–Kier alpha value is -2.40. The smallest absolute Gasteiger partial charge is 0.254 e. The predicted octanol–water partition coefficient (Wildman–Crippen LogP) is 1.92. The zero-order chi connectivity index (χ0) is 16.4. The van der Waals surface area contributed by atoms with E-state index < -0.39 is 0 Å². The fourth-order valence-corrected chi connectivity index (χ4v) is 2.89. The van der Waals surface area contributed by atoms with Gasteiger partial charge in [0.25, 0.3) is 5.91 Å². The molecule has 5 nitrogen and oxygen atoms in total. The lowest BCUT2D eigenvalue weighted by atomic mass is 10.1. The highest BCUT2D eigenvalue weighted by Gasteiger charge is 2.24. The molecule has 0 saturated heterocycles. The molecule has 0 bridgehead atoms. The molecule has 0 aliphatic carbocycles. The number of carbonyl (C=O) groups is 1. The van der Waals surface area contributed by atoms with Crippen molar-refractivity contribution in [2.24, 2.45) is 0 Å². The molecule has 2 aromatic rings. The summed E-state index contributed by atoms with van der Waals surface area (Å²) in [5.74, 6) is -0.0493. The lowest BCUT2D eigenvalue weighted by Gasteiger charge is -2.23. The van der Waals surface area contributed by atoms with Gasteiger partial charge in [-0.3, -0.25) is 9.48 Å². The van der Waals surface area contributed by atoms with Crippen LogP contribution in [0.2, 0.25) is 0 Å². The summed E-state index contributed by atoms with van der Waals surface area (Å²) >= 11 is 0. The van der Waals surface area contributed by atoms with Gasteiger partial charge in [0, 0.05) is 17.8 Å². The zero-order valence-corrected chi connectivity index (χ0v) is 13.4.